The molecule has 160 valence electrons. The molecule has 1 aliphatic heterocycles. The number of benzene rings is 2. The monoisotopic (exact) mass is 438 g/mol. The molecule has 2 atom stereocenters. The highest BCUT2D eigenvalue weighted by Crippen LogP contribution is 2.42. The van der Waals surface area contributed by atoms with Gasteiger partial charge in [0, 0.05) is 29.5 Å². The third-order valence-electron chi connectivity index (χ3n) is 6.04. The summed E-state index contributed by atoms with van der Waals surface area (Å²) >= 11 is 5.90. The quantitative estimate of drug-likeness (QED) is 0.398. The average Bonchev–Trinajstić information content (AvgIpc) is 3.38. The molecule has 2 aromatic carbocycles. The summed E-state index contributed by atoms with van der Waals surface area (Å²) < 4.78 is 2.28. The number of hydrogen-bond acceptors (Lipinski definition) is 2. The standard InChI is InChI=1S/C27H26N4S/c1-18-15-19(2)17-21(16-18)31-26(25(29-27(31)32)22-10-6-7-13-28-22)24-12-8-14-30(24)23-11-5-4-9-20(23)3/h4-17,25-26H,1-3H3,(H,29,32)/t25-,26-/m1/s1. The molecule has 3 heterocycles. The Morgan fingerprint density at radius 3 is 2.34 bits per heavy atom. The summed E-state index contributed by atoms with van der Waals surface area (Å²) in [4.78, 5) is 6.93. The molecule has 4 aromatic rings. The fourth-order valence-electron chi connectivity index (χ4n) is 4.71. The lowest BCUT2D eigenvalue weighted by Gasteiger charge is -2.29. The number of hydrogen-bond donors (Lipinski definition) is 1. The highest BCUT2D eigenvalue weighted by molar-refractivity contribution is 7.80. The first-order chi connectivity index (χ1) is 15.5. The van der Waals surface area contributed by atoms with E-state index in [1.165, 1.54) is 28.1 Å². The van der Waals surface area contributed by atoms with Crippen molar-refractivity contribution in [3.63, 3.8) is 0 Å². The van der Waals surface area contributed by atoms with Crippen LogP contribution in [-0.4, -0.2) is 14.7 Å². The second-order valence-corrected chi connectivity index (χ2v) is 8.82. The molecule has 0 unspecified atom stereocenters. The number of nitrogens with zero attached hydrogens (tertiary/aromatic N) is 3. The van der Waals surface area contributed by atoms with Gasteiger partial charge in [0.25, 0.3) is 0 Å². The van der Waals surface area contributed by atoms with E-state index in [-0.39, 0.29) is 12.1 Å². The van der Waals surface area contributed by atoms with Crippen molar-refractivity contribution < 1.29 is 0 Å². The first-order valence-electron chi connectivity index (χ1n) is 10.8. The van der Waals surface area contributed by atoms with Gasteiger partial charge in [-0.05, 0) is 92.1 Å². The molecular weight excluding hydrogens is 412 g/mol. The Kier molecular flexibility index (Phi) is 5.27. The molecule has 0 spiro atoms. The number of thiocarbonyl (C=S) groups is 1. The van der Waals surface area contributed by atoms with Crippen LogP contribution in [0.5, 0.6) is 0 Å². The Morgan fingerprint density at radius 2 is 1.62 bits per heavy atom. The van der Waals surface area contributed by atoms with Crippen LogP contribution < -0.4 is 10.2 Å². The average molecular weight is 439 g/mol. The Bertz CT molecular complexity index is 1260. The molecule has 0 amide bonds. The van der Waals surface area contributed by atoms with Crippen molar-refractivity contribution in [3.05, 3.63) is 113 Å². The zero-order valence-corrected chi connectivity index (χ0v) is 19.3. The van der Waals surface area contributed by atoms with Crippen LogP contribution in [0.3, 0.4) is 0 Å². The zero-order chi connectivity index (χ0) is 22.2. The molecule has 5 heteroatoms. The number of aromatic nitrogens is 2. The van der Waals surface area contributed by atoms with Crippen molar-refractivity contribution in [1.29, 1.82) is 0 Å². The number of aryl methyl sites for hydroxylation is 3. The van der Waals surface area contributed by atoms with Crippen LogP contribution >= 0.6 is 12.2 Å². The van der Waals surface area contributed by atoms with Crippen molar-refractivity contribution >= 4 is 23.0 Å². The molecule has 32 heavy (non-hydrogen) atoms. The highest BCUT2D eigenvalue weighted by Gasteiger charge is 2.42. The number of anilines is 1. The fraction of sp³-hybridized carbons (Fsp3) is 0.185. The maximum Gasteiger partial charge on any atom is 0.174 e. The molecule has 4 nitrogen and oxygen atoms in total. The van der Waals surface area contributed by atoms with Crippen LogP contribution in [-0.2, 0) is 0 Å². The molecule has 0 radical (unpaired) electrons. The van der Waals surface area contributed by atoms with E-state index in [1.807, 2.05) is 18.3 Å². The third-order valence-corrected chi connectivity index (χ3v) is 6.36. The van der Waals surface area contributed by atoms with Crippen molar-refractivity contribution in [2.24, 2.45) is 0 Å². The van der Waals surface area contributed by atoms with Gasteiger partial charge in [-0.25, -0.2) is 0 Å². The first kappa shape index (κ1) is 20.5. The second kappa shape index (κ2) is 8.24. The lowest BCUT2D eigenvalue weighted by Crippen LogP contribution is -2.30. The summed E-state index contributed by atoms with van der Waals surface area (Å²) in [5.74, 6) is 0. The van der Waals surface area contributed by atoms with Gasteiger partial charge in [-0.1, -0.05) is 30.3 Å². The van der Waals surface area contributed by atoms with E-state index < -0.39 is 0 Å². The Morgan fingerprint density at radius 1 is 0.875 bits per heavy atom. The molecule has 0 aliphatic carbocycles. The molecule has 0 saturated carbocycles. The topological polar surface area (TPSA) is 33.1 Å². The minimum Gasteiger partial charge on any atom is -0.351 e. The molecule has 5 rings (SSSR count). The lowest BCUT2D eigenvalue weighted by atomic mass is 10.00. The van der Waals surface area contributed by atoms with Gasteiger partial charge in [0.1, 0.15) is 6.04 Å². The van der Waals surface area contributed by atoms with Gasteiger partial charge in [0.15, 0.2) is 5.11 Å². The van der Waals surface area contributed by atoms with Crippen LogP contribution in [0, 0.1) is 20.8 Å². The summed E-state index contributed by atoms with van der Waals surface area (Å²) in [5.41, 5.74) is 8.08. The molecule has 1 aliphatic rings. The number of nitrogens with one attached hydrogen (secondary N) is 1. The van der Waals surface area contributed by atoms with Crippen molar-refractivity contribution in [3.8, 4) is 5.69 Å². The van der Waals surface area contributed by atoms with E-state index >= 15 is 0 Å². The minimum atomic E-state index is -0.0674. The predicted molar refractivity (Wildman–Crippen MR) is 134 cm³/mol. The Hall–Kier alpha value is -3.44. The van der Waals surface area contributed by atoms with Crippen molar-refractivity contribution in [2.45, 2.75) is 32.9 Å². The van der Waals surface area contributed by atoms with E-state index in [4.69, 9.17) is 12.2 Å². The molecular formula is C27H26N4S. The maximum atomic E-state index is 5.90. The van der Waals surface area contributed by atoms with Gasteiger partial charge in [-0.15, -0.1) is 0 Å². The van der Waals surface area contributed by atoms with Gasteiger partial charge in [-0.2, -0.15) is 0 Å². The van der Waals surface area contributed by atoms with Gasteiger partial charge in [-0.3, -0.25) is 4.98 Å². The van der Waals surface area contributed by atoms with Gasteiger partial charge >= 0.3 is 0 Å². The number of pyridine rings is 1. The van der Waals surface area contributed by atoms with E-state index in [1.54, 1.807) is 0 Å². The highest BCUT2D eigenvalue weighted by atomic mass is 32.1. The summed E-state index contributed by atoms with van der Waals surface area (Å²) in [6.45, 7) is 6.41. The first-order valence-corrected chi connectivity index (χ1v) is 11.3. The zero-order valence-electron chi connectivity index (χ0n) is 18.5. The summed E-state index contributed by atoms with van der Waals surface area (Å²) in [6.07, 6.45) is 3.98. The predicted octanol–water partition coefficient (Wildman–Crippen LogP) is 5.97. The second-order valence-electron chi connectivity index (χ2n) is 8.43. The van der Waals surface area contributed by atoms with Crippen molar-refractivity contribution in [1.82, 2.24) is 14.9 Å². The molecule has 2 aromatic heterocycles. The summed E-state index contributed by atoms with van der Waals surface area (Å²) in [6, 6.07) is 25.3. The number of para-hydroxylation sites is 1. The van der Waals surface area contributed by atoms with E-state index in [9.17, 15) is 0 Å². The molecule has 0 bridgehead atoms. The Balaban J connectivity index is 1.70. The summed E-state index contributed by atoms with van der Waals surface area (Å²) in [7, 11) is 0. The van der Waals surface area contributed by atoms with Crippen LogP contribution in [0.4, 0.5) is 5.69 Å². The normalized spacial score (nSPS) is 18.1. The minimum absolute atomic E-state index is 0.0480. The Labute approximate surface area is 194 Å². The molecule has 1 saturated heterocycles. The van der Waals surface area contributed by atoms with Crippen LogP contribution in [0.1, 0.15) is 40.2 Å². The third kappa shape index (κ3) is 3.59. The van der Waals surface area contributed by atoms with E-state index in [0.717, 1.165) is 11.4 Å². The number of rotatable bonds is 4. The van der Waals surface area contributed by atoms with Gasteiger partial charge in [0.2, 0.25) is 0 Å². The SMILES string of the molecule is Cc1cc(C)cc(N2C(=S)N[C@H](c3ccccn3)[C@H]2c2cccn2-c2ccccc2C)c1. The van der Waals surface area contributed by atoms with Crippen molar-refractivity contribution in [2.75, 3.05) is 4.90 Å². The smallest absolute Gasteiger partial charge is 0.174 e. The lowest BCUT2D eigenvalue weighted by molar-refractivity contribution is 0.549. The van der Waals surface area contributed by atoms with Crippen LogP contribution in [0.2, 0.25) is 0 Å². The largest absolute Gasteiger partial charge is 0.351 e. The van der Waals surface area contributed by atoms with E-state index in [2.05, 4.69) is 107 Å². The maximum absolute atomic E-state index is 5.90. The van der Waals surface area contributed by atoms with Gasteiger partial charge in [0.05, 0.1) is 11.7 Å². The molecule has 1 N–H and O–H groups in total. The van der Waals surface area contributed by atoms with Crippen LogP contribution in [0.25, 0.3) is 5.69 Å². The van der Waals surface area contributed by atoms with Crippen LogP contribution in [0.15, 0.2) is 85.2 Å². The summed E-state index contributed by atoms with van der Waals surface area (Å²) in [5, 5.41) is 4.29. The molecule has 1 fully saturated rings. The van der Waals surface area contributed by atoms with Gasteiger partial charge < -0.3 is 14.8 Å². The van der Waals surface area contributed by atoms with E-state index in [0.29, 0.717) is 5.11 Å². The fourth-order valence-corrected chi connectivity index (χ4v) is 5.06.